The predicted octanol–water partition coefficient (Wildman–Crippen LogP) is 6.61. The average molecular weight is 701 g/mol. The molecule has 1 fully saturated rings. The highest BCUT2D eigenvalue weighted by atomic mass is 35.5. The summed E-state index contributed by atoms with van der Waals surface area (Å²) in [6.45, 7) is 2.46. The van der Waals surface area contributed by atoms with Crippen molar-refractivity contribution in [2.45, 2.75) is 51.8 Å². The van der Waals surface area contributed by atoms with Crippen LogP contribution in [-0.2, 0) is 32.9 Å². The Morgan fingerprint density at radius 3 is 2.41 bits per heavy atom. The quantitative estimate of drug-likeness (QED) is 0.0906. The molecule has 2 heterocycles. The third-order valence-electron chi connectivity index (χ3n) is 8.28. The summed E-state index contributed by atoms with van der Waals surface area (Å²) in [5.74, 6) is 1.55. The summed E-state index contributed by atoms with van der Waals surface area (Å²) in [5.41, 5.74) is 6.94. The molecule has 3 aromatic carbocycles. The van der Waals surface area contributed by atoms with E-state index in [9.17, 15) is 10.5 Å². The third-order valence-corrected chi connectivity index (χ3v) is 8.57. The van der Waals surface area contributed by atoms with Crippen LogP contribution in [0.25, 0.3) is 11.1 Å². The van der Waals surface area contributed by atoms with Gasteiger partial charge in [0.15, 0.2) is 0 Å². The molecule has 3 N–H and O–H groups in total. The first kappa shape index (κ1) is 35.3. The zero-order valence-electron chi connectivity index (χ0n) is 27.9. The lowest BCUT2D eigenvalue weighted by molar-refractivity contribution is 0.287. The van der Waals surface area contributed by atoms with E-state index in [1.807, 2.05) is 60.7 Å². The molecular formula is C40H37ClN6O4. The SMILES string of the molecule is N#Cc1cncc(COc2cc(OCc3cccc(-c4cccc(COc5ccc(CNCCO)cn5)c4)c3C#N)c(Cl)cc2CNC2CC2)c1. The van der Waals surface area contributed by atoms with Crippen molar-refractivity contribution in [2.75, 3.05) is 13.2 Å². The van der Waals surface area contributed by atoms with Crippen molar-refractivity contribution < 1.29 is 19.3 Å². The molecule has 0 amide bonds. The van der Waals surface area contributed by atoms with Gasteiger partial charge in [-0.25, -0.2) is 4.98 Å². The number of nitrogens with one attached hydrogen (secondary N) is 2. The van der Waals surface area contributed by atoms with E-state index in [-0.39, 0.29) is 19.8 Å². The Morgan fingerprint density at radius 2 is 1.63 bits per heavy atom. The lowest BCUT2D eigenvalue weighted by Crippen LogP contribution is -2.17. The van der Waals surface area contributed by atoms with Crippen LogP contribution in [0.3, 0.4) is 0 Å². The highest BCUT2D eigenvalue weighted by Crippen LogP contribution is 2.35. The summed E-state index contributed by atoms with van der Waals surface area (Å²) >= 11 is 6.73. The van der Waals surface area contributed by atoms with Gasteiger partial charge in [0.05, 0.1) is 22.8 Å². The number of aliphatic hydroxyl groups is 1. The molecule has 0 unspecified atom stereocenters. The fraction of sp³-hybridized carbons (Fsp3) is 0.250. The topological polar surface area (TPSA) is 145 Å². The van der Waals surface area contributed by atoms with E-state index in [0.717, 1.165) is 46.2 Å². The van der Waals surface area contributed by atoms with Crippen molar-refractivity contribution >= 4 is 11.6 Å². The van der Waals surface area contributed by atoms with Crippen LogP contribution >= 0.6 is 11.6 Å². The second-order valence-electron chi connectivity index (χ2n) is 12.2. The van der Waals surface area contributed by atoms with Gasteiger partial charge in [-0.1, -0.05) is 54.1 Å². The molecule has 1 aliphatic carbocycles. The molecule has 0 radical (unpaired) electrons. The number of rotatable bonds is 17. The number of halogens is 1. The minimum absolute atomic E-state index is 0.0851. The number of hydrogen-bond acceptors (Lipinski definition) is 10. The standard InChI is InChI=1S/C40H37ClN6O4/c41-37-15-33(23-46-34-8-9-34)38(49-25-30-13-29(17-42)20-45-21-30)16-39(37)50-26-32-5-2-6-35(36(32)18-43)31-4-1-3-27(14-31)24-51-40-10-7-28(22-47-40)19-44-11-12-48/h1-7,10,13-16,20-22,34,44,46,48H,8-9,11-12,19,23-26H2. The van der Waals surface area contributed by atoms with Crippen LogP contribution in [0.2, 0.25) is 5.02 Å². The number of pyridine rings is 2. The molecule has 51 heavy (non-hydrogen) atoms. The highest BCUT2D eigenvalue weighted by Gasteiger charge is 2.22. The maximum atomic E-state index is 10.3. The fourth-order valence-electron chi connectivity index (χ4n) is 5.44. The summed E-state index contributed by atoms with van der Waals surface area (Å²) in [7, 11) is 0. The summed E-state index contributed by atoms with van der Waals surface area (Å²) in [5, 5.41) is 35.6. The molecule has 10 nitrogen and oxygen atoms in total. The molecule has 0 saturated heterocycles. The van der Waals surface area contributed by atoms with Crippen molar-refractivity contribution in [3.05, 3.63) is 135 Å². The monoisotopic (exact) mass is 700 g/mol. The van der Waals surface area contributed by atoms with Gasteiger partial charge in [-0.2, -0.15) is 10.5 Å². The number of benzene rings is 3. The lowest BCUT2D eigenvalue weighted by atomic mass is 9.95. The molecule has 0 spiro atoms. The Morgan fingerprint density at radius 1 is 0.784 bits per heavy atom. The largest absolute Gasteiger partial charge is 0.488 e. The van der Waals surface area contributed by atoms with E-state index in [1.165, 1.54) is 6.20 Å². The zero-order chi connectivity index (χ0) is 35.4. The van der Waals surface area contributed by atoms with E-state index in [2.05, 4.69) is 32.7 Å². The van der Waals surface area contributed by atoms with Gasteiger partial charge in [-0.05, 0) is 53.3 Å². The minimum Gasteiger partial charge on any atom is -0.488 e. The van der Waals surface area contributed by atoms with Crippen LogP contribution in [0.15, 0.2) is 91.4 Å². The van der Waals surface area contributed by atoms with E-state index >= 15 is 0 Å². The second kappa shape index (κ2) is 17.4. The van der Waals surface area contributed by atoms with Gasteiger partial charge >= 0.3 is 0 Å². The lowest BCUT2D eigenvalue weighted by Gasteiger charge is -2.17. The normalized spacial score (nSPS) is 12.2. The van der Waals surface area contributed by atoms with Gasteiger partial charge in [0.1, 0.15) is 43.5 Å². The van der Waals surface area contributed by atoms with Crippen molar-refractivity contribution in [3.63, 3.8) is 0 Å². The van der Waals surface area contributed by atoms with Crippen molar-refractivity contribution in [1.29, 1.82) is 10.5 Å². The molecular weight excluding hydrogens is 664 g/mol. The van der Waals surface area contributed by atoms with Crippen molar-refractivity contribution in [1.82, 2.24) is 20.6 Å². The van der Waals surface area contributed by atoms with Gasteiger partial charge in [0.25, 0.3) is 0 Å². The van der Waals surface area contributed by atoms with Gasteiger partial charge in [-0.3, -0.25) is 4.98 Å². The van der Waals surface area contributed by atoms with E-state index in [1.54, 1.807) is 24.5 Å². The highest BCUT2D eigenvalue weighted by molar-refractivity contribution is 6.32. The molecule has 258 valence electrons. The molecule has 6 rings (SSSR count). The van der Waals surface area contributed by atoms with Crippen molar-refractivity contribution in [2.24, 2.45) is 0 Å². The molecule has 5 aromatic rings. The maximum Gasteiger partial charge on any atom is 0.213 e. The van der Waals surface area contributed by atoms with Gasteiger partial charge < -0.3 is 30.0 Å². The fourth-order valence-corrected chi connectivity index (χ4v) is 5.68. The van der Waals surface area contributed by atoms with Crippen LogP contribution < -0.4 is 24.8 Å². The average Bonchev–Trinajstić information content (AvgIpc) is 4.01. The van der Waals surface area contributed by atoms with E-state index < -0.39 is 0 Å². The van der Waals surface area contributed by atoms with Gasteiger partial charge in [0, 0.05) is 73.1 Å². The number of aliphatic hydroxyl groups excluding tert-OH is 1. The molecule has 1 aliphatic rings. The first-order chi connectivity index (χ1) is 25.0. The second-order valence-corrected chi connectivity index (χ2v) is 12.6. The Kier molecular flexibility index (Phi) is 12.1. The van der Waals surface area contributed by atoms with E-state index in [4.69, 9.17) is 30.9 Å². The number of nitrogens with zero attached hydrogens (tertiary/aromatic N) is 4. The summed E-state index contributed by atoms with van der Waals surface area (Å²) in [4.78, 5) is 8.52. The molecule has 0 bridgehead atoms. The van der Waals surface area contributed by atoms with Crippen LogP contribution in [0, 0.1) is 22.7 Å². The van der Waals surface area contributed by atoms with Gasteiger partial charge in [0.2, 0.25) is 5.88 Å². The number of ether oxygens (including phenoxy) is 3. The smallest absolute Gasteiger partial charge is 0.213 e. The predicted molar refractivity (Wildman–Crippen MR) is 193 cm³/mol. The Hall–Kier alpha value is -5.49. The van der Waals surface area contributed by atoms with E-state index in [0.29, 0.717) is 71.4 Å². The molecule has 1 saturated carbocycles. The first-order valence-corrected chi connectivity index (χ1v) is 17.1. The summed E-state index contributed by atoms with van der Waals surface area (Å²) in [6, 6.07) is 27.7. The Labute approximate surface area is 302 Å². The summed E-state index contributed by atoms with van der Waals surface area (Å²) < 4.78 is 18.4. The van der Waals surface area contributed by atoms with Crippen LogP contribution in [0.4, 0.5) is 0 Å². The zero-order valence-corrected chi connectivity index (χ0v) is 28.7. The van der Waals surface area contributed by atoms with Crippen LogP contribution in [-0.4, -0.2) is 34.3 Å². The molecule has 0 atom stereocenters. The maximum absolute atomic E-state index is 10.3. The molecule has 11 heteroatoms. The van der Waals surface area contributed by atoms with Gasteiger partial charge in [-0.15, -0.1) is 0 Å². The summed E-state index contributed by atoms with van der Waals surface area (Å²) in [6.07, 6.45) is 7.23. The Bertz CT molecular complexity index is 2040. The first-order valence-electron chi connectivity index (χ1n) is 16.7. The number of hydrogen-bond donors (Lipinski definition) is 3. The van der Waals surface area contributed by atoms with Crippen LogP contribution in [0.1, 0.15) is 51.8 Å². The molecule has 0 aliphatic heterocycles. The van der Waals surface area contributed by atoms with Crippen molar-refractivity contribution in [3.8, 4) is 40.6 Å². The number of nitriles is 2. The Balaban J connectivity index is 1.15. The third kappa shape index (κ3) is 9.82. The number of aromatic nitrogens is 2. The minimum atomic E-state index is 0.0851. The molecule has 2 aromatic heterocycles. The van der Waals surface area contributed by atoms with Crippen LogP contribution in [0.5, 0.6) is 17.4 Å².